The van der Waals surface area contributed by atoms with Crippen LogP contribution in [0.3, 0.4) is 0 Å². The van der Waals surface area contributed by atoms with Crippen LogP contribution in [0.1, 0.15) is 49.0 Å². The fourth-order valence-corrected chi connectivity index (χ4v) is 5.48. The van der Waals surface area contributed by atoms with E-state index in [1.165, 1.54) is 23.6 Å². The van der Waals surface area contributed by atoms with Crippen LogP contribution in [0.4, 0.5) is 0 Å². The number of carbonyl (C=O) groups excluding carboxylic acids is 2. The van der Waals surface area contributed by atoms with E-state index >= 15 is 0 Å². The maximum atomic E-state index is 12.8. The SMILES string of the molecule is Cn1[nH]c(C(=O)NC2CCC3CN(C(=O)C4CC5(CC5)C4)CC32)cc1=O. The molecule has 0 radical (unpaired) electrons. The molecule has 5 rings (SSSR count). The minimum Gasteiger partial charge on any atom is -0.348 e. The van der Waals surface area contributed by atoms with E-state index < -0.39 is 0 Å². The number of nitrogens with zero attached hydrogens (tertiary/aromatic N) is 2. The highest BCUT2D eigenvalue weighted by molar-refractivity contribution is 5.92. The second-order valence-electron chi connectivity index (χ2n) is 9.00. The van der Waals surface area contributed by atoms with Crippen molar-refractivity contribution in [2.45, 2.75) is 44.6 Å². The summed E-state index contributed by atoms with van der Waals surface area (Å²) < 4.78 is 1.30. The van der Waals surface area contributed by atoms with E-state index in [1.54, 1.807) is 7.05 Å². The number of fused-ring (bicyclic) bond motifs is 1. The van der Waals surface area contributed by atoms with E-state index in [9.17, 15) is 14.4 Å². The molecule has 4 aliphatic rings. The zero-order valence-electron chi connectivity index (χ0n) is 15.2. The lowest BCUT2D eigenvalue weighted by molar-refractivity contribution is -0.139. The third-order valence-corrected chi connectivity index (χ3v) is 7.28. The van der Waals surface area contributed by atoms with Gasteiger partial charge in [0, 0.05) is 44.1 Å². The molecule has 3 unspecified atom stereocenters. The summed E-state index contributed by atoms with van der Waals surface area (Å²) in [5, 5.41) is 5.86. The van der Waals surface area contributed by atoms with Crippen molar-refractivity contribution in [1.29, 1.82) is 0 Å². The molecule has 1 spiro atoms. The predicted molar refractivity (Wildman–Crippen MR) is 94.5 cm³/mol. The van der Waals surface area contributed by atoms with Gasteiger partial charge >= 0.3 is 0 Å². The Balaban J connectivity index is 1.20. The Morgan fingerprint density at radius 2 is 2.00 bits per heavy atom. The molecular weight excluding hydrogens is 332 g/mol. The number of aryl methyl sites for hydroxylation is 1. The van der Waals surface area contributed by atoms with Crippen LogP contribution in [-0.4, -0.2) is 45.6 Å². The molecule has 2 heterocycles. The van der Waals surface area contributed by atoms with Crippen LogP contribution >= 0.6 is 0 Å². The highest BCUT2D eigenvalue weighted by atomic mass is 16.2. The van der Waals surface area contributed by atoms with Crippen molar-refractivity contribution >= 4 is 11.8 Å². The van der Waals surface area contributed by atoms with Gasteiger partial charge in [-0.25, -0.2) is 0 Å². The predicted octanol–water partition coefficient (Wildman–Crippen LogP) is 0.870. The van der Waals surface area contributed by atoms with Gasteiger partial charge in [0.05, 0.1) is 0 Å². The number of H-pyrrole nitrogens is 1. The normalized spacial score (nSPS) is 31.7. The van der Waals surface area contributed by atoms with Crippen LogP contribution in [0.15, 0.2) is 10.9 Å². The fraction of sp³-hybridized carbons (Fsp3) is 0.737. The zero-order chi connectivity index (χ0) is 18.1. The maximum Gasteiger partial charge on any atom is 0.269 e. The summed E-state index contributed by atoms with van der Waals surface area (Å²) in [4.78, 5) is 38.8. The monoisotopic (exact) mass is 358 g/mol. The van der Waals surface area contributed by atoms with Gasteiger partial charge in [0.1, 0.15) is 5.69 Å². The molecule has 140 valence electrons. The molecule has 3 saturated carbocycles. The van der Waals surface area contributed by atoms with Gasteiger partial charge in [0.2, 0.25) is 5.91 Å². The first-order valence-corrected chi connectivity index (χ1v) is 9.80. The Morgan fingerprint density at radius 3 is 2.65 bits per heavy atom. The standard InChI is InChI=1S/C19H26N4O3/c1-22-16(24)6-15(21-22)17(25)20-14-3-2-11-9-23(10-13(11)14)18(26)12-7-19(8-12)4-5-19/h6,11-14,21H,2-5,7-10H2,1H3,(H,20,25). The molecule has 0 aromatic carbocycles. The van der Waals surface area contributed by atoms with E-state index in [0.29, 0.717) is 28.9 Å². The zero-order valence-corrected chi connectivity index (χ0v) is 15.2. The molecule has 7 heteroatoms. The molecule has 0 bridgehead atoms. The second kappa shape index (κ2) is 5.47. The minimum absolute atomic E-state index is 0.0881. The Bertz CT molecular complexity index is 813. The number of aromatic nitrogens is 2. The largest absolute Gasteiger partial charge is 0.348 e. The molecule has 3 aliphatic carbocycles. The summed E-state index contributed by atoms with van der Waals surface area (Å²) in [5.74, 6) is 1.20. The molecule has 2 N–H and O–H groups in total. The Labute approximate surface area is 152 Å². The summed E-state index contributed by atoms with van der Waals surface area (Å²) in [7, 11) is 1.59. The molecule has 1 aromatic rings. The van der Waals surface area contributed by atoms with Gasteiger partial charge in [0.25, 0.3) is 11.5 Å². The Kier molecular flexibility index (Phi) is 3.40. The number of amides is 2. The van der Waals surface area contributed by atoms with Crippen LogP contribution in [-0.2, 0) is 11.8 Å². The van der Waals surface area contributed by atoms with Crippen molar-refractivity contribution in [2.75, 3.05) is 13.1 Å². The van der Waals surface area contributed by atoms with Crippen molar-refractivity contribution in [2.24, 2.45) is 30.2 Å². The first-order valence-electron chi connectivity index (χ1n) is 9.80. The minimum atomic E-state index is -0.229. The van der Waals surface area contributed by atoms with Crippen LogP contribution in [0.5, 0.6) is 0 Å². The Morgan fingerprint density at radius 1 is 1.23 bits per heavy atom. The number of hydrogen-bond donors (Lipinski definition) is 2. The van der Waals surface area contributed by atoms with Crippen LogP contribution < -0.4 is 10.9 Å². The molecule has 1 saturated heterocycles. The third-order valence-electron chi connectivity index (χ3n) is 7.28. The molecule has 1 aliphatic heterocycles. The van der Waals surface area contributed by atoms with Crippen molar-refractivity contribution in [3.8, 4) is 0 Å². The van der Waals surface area contributed by atoms with Gasteiger partial charge in [-0.3, -0.25) is 24.2 Å². The number of nitrogens with one attached hydrogen (secondary N) is 2. The first-order chi connectivity index (χ1) is 12.4. The maximum absolute atomic E-state index is 12.8. The molecule has 4 fully saturated rings. The summed E-state index contributed by atoms with van der Waals surface area (Å²) in [6, 6.07) is 1.42. The van der Waals surface area contributed by atoms with Crippen molar-refractivity contribution in [1.82, 2.24) is 20.0 Å². The summed E-state index contributed by atoms with van der Waals surface area (Å²) in [6.45, 7) is 1.62. The van der Waals surface area contributed by atoms with Crippen LogP contribution in [0, 0.1) is 23.2 Å². The molecular formula is C19H26N4O3. The number of rotatable bonds is 3. The van der Waals surface area contributed by atoms with Gasteiger partial charge < -0.3 is 10.2 Å². The van der Waals surface area contributed by atoms with Gasteiger partial charge in [-0.05, 0) is 49.9 Å². The van der Waals surface area contributed by atoms with Crippen molar-refractivity contribution in [3.05, 3.63) is 22.1 Å². The van der Waals surface area contributed by atoms with Crippen LogP contribution in [0.25, 0.3) is 0 Å². The lowest BCUT2D eigenvalue weighted by atomic mass is 9.71. The molecule has 2 amide bonds. The van der Waals surface area contributed by atoms with Gasteiger partial charge in [-0.1, -0.05) is 0 Å². The van der Waals surface area contributed by atoms with E-state index in [0.717, 1.165) is 38.8 Å². The fourth-order valence-electron chi connectivity index (χ4n) is 5.48. The topological polar surface area (TPSA) is 87.2 Å². The number of aromatic amines is 1. The van der Waals surface area contributed by atoms with E-state index in [2.05, 4.69) is 15.3 Å². The van der Waals surface area contributed by atoms with Crippen LogP contribution in [0.2, 0.25) is 0 Å². The van der Waals surface area contributed by atoms with E-state index in [-0.39, 0.29) is 23.4 Å². The lowest BCUT2D eigenvalue weighted by Gasteiger charge is -2.37. The van der Waals surface area contributed by atoms with Gasteiger partial charge in [0.15, 0.2) is 0 Å². The summed E-state index contributed by atoms with van der Waals surface area (Å²) in [6.07, 6.45) is 6.83. The molecule has 26 heavy (non-hydrogen) atoms. The molecule has 1 aromatic heterocycles. The number of carbonyl (C=O) groups is 2. The average Bonchev–Trinajstić information content (AvgIpc) is 2.97. The quantitative estimate of drug-likeness (QED) is 0.840. The van der Waals surface area contributed by atoms with E-state index in [1.807, 2.05) is 0 Å². The molecule has 3 atom stereocenters. The summed E-state index contributed by atoms with van der Waals surface area (Å²) in [5.41, 5.74) is 0.640. The van der Waals surface area contributed by atoms with Crippen molar-refractivity contribution in [3.63, 3.8) is 0 Å². The van der Waals surface area contributed by atoms with Gasteiger partial charge in [-0.2, -0.15) is 0 Å². The Hall–Kier alpha value is -2.05. The first kappa shape index (κ1) is 16.1. The highest BCUT2D eigenvalue weighted by Crippen LogP contribution is 2.63. The third kappa shape index (κ3) is 2.51. The number of likely N-dealkylation sites (tertiary alicyclic amines) is 1. The summed E-state index contributed by atoms with van der Waals surface area (Å²) >= 11 is 0. The highest BCUT2D eigenvalue weighted by Gasteiger charge is 2.56. The lowest BCUT2D eigenvalue weighted by Crippen LogP contribution is -2.44. The van der Waals surface area contributed by atoms with E-state index in [4.69, 9.17) is 0 Å². The molecule has 7 nitrogen and oxygen atoms in total. The number of hydrogen-bond acceptors (Lipinski definition) is 3. The second-order valence-corrected chi connectivity index (χ2v) is 9.00. The average molecular weight is 358 g/mol. The van der Waals surface area contributed by atoms with Gasteiger partial charge in [-0.15, -0.1) is 0 Å². The smallest absolute Gasteiger partial charge is 0.269 e. The van der Waals surface area contributed by atoms with Crippen molar-refractivity contribution < 1.29 is 9.59 Å².